The fraction of sp³-hybridized carbons (Fsp3) is 0.316. The van der Waals surface area contributed by atoms with Crippen LogP contribution >= 0.6 is 11.6 Å². The highest BCUT2D eigenvalue weighted by Gasteiger charge is 2.19. The molecule has 2 aromatic rings. The number of nitrogens with one attached hydrogen (secondary N) is 2. The largest absolute Gasteiger partial charge is 0.348 e. The highest BCUT2D eigenvalue weighted by atomic mass is 35.5. The lowest BCUT2D eigenvalue weighted by Gasteiger charge is -2.12. The van der Waals surface area contributed by atoms with Gasteiger partial charge in [0, 0.05) is 28.5 Å². The molecule has 1 heterocycles. The normalized spacial score (nSPS) is 14.3. The van der Waals surface area contributed by atoms with Crippen molar-refractivity contribution in [3.05, 3.63) is 58.4 Å². The number of aryl methyl sites for hydroxylation is 1. The van der Waals surface area contributed by atoms with E-state index in [0.717, 1.165) is 31.2 Å². The lowest BCUT2D eigenvalue weighted by Crippen LogP contribution is -2.33. The summed E-state index contributed by atoms with van der Waals surface area (Å²) in [5.74, 6) is -0.544. The standard InChI is InChI=1S/C19H20ClN3O2/c1-12-6-7-15(11-16(12)20)23-18(24)13-8-9-21-17(10-13)19(25)22-14-4-2-3-5-14/h6-11,14H,2-5H2,1H3,(H,22,25)(H,23,24). The van der Waals surface area contributed by atoms with E-state index in [-0.39, 0.29) is 23.6 Å². The van der Waals surface area contributed by atoms with E-state index >= 15 is 0 Å². The number of halogens is 1. The Bertz CT molecular complexity index is 801. The third kappa shape index (κ3) is 4.37. The zero-order valence-electron chi connectivity index (χ0n) is 14.0. The van der Waals surface area contributed by atoms with Crippen LogP contribution in [-0.2, 0) is 0 Å². The summed E-state index contributed by atoms with van der Waals surface area (Å²) >= 11 is 6.08. The van der Waals surface area contributed by atoms with E-state index in [1.807, 2.05) is 13.0 Å². The van der Waals surface area contributed by atoms with Crippen LogP contribution in [0.1, 0.15) is 52.1 Å². The van der Waals surface area contributed by atoms with E-state index in [1.165, 1.54) is 12.3 Å². The van der Waals surface area contributed by atoms with Crippen LogP contribution in [0.3, 0.4) is 0 Å². The van der Waals surface area contributed by atoms with Crippen molar-refractivity contribution in [2.75, 3.05) is 5.32 Å². The van der Waals surface area contributed by atoms with Crippen molar-refractivity contribution in [1.29, 1.82) is 0 Å². The third-order valence-corrected chi connectivity index (χ3v) is 4.78. The molecule has 0 aliphatic heterocycles. The van der Waals surface area contributed by atoms with Gasteiger partial charge in [0.05, 0.1) is 0 Å². The van der Waals surface area contributed by atoms with E-state index in [1.54, 1.807) is 18.2 Å². The van der Waals surface area contributed by atoms with Crippen molar-refractivity contribution in [3.8, 4) is 0 Å². The van der Waals surface area contributed by atoms with Crippen LogP contribution in [0.2, 0.25) is 5.02 Å². The van der Waals surface area contributed by atoms with Crippen molar-refractivity contribution in [3.63, 3.8) is 0 Å². The van der Waals surface area contributed by atoms with Gasteiger partial charge < -0.3 is 10.6 Å². The number of pyridine rings is 1. The number of carbonyl (C=O) groups is 2. The summed E-state index contributed by atoms with van der Waals surface area (Å²) < 4.78 is 0. The van der Waals surface area contributed by atoms with E-state index in [9.17, 15) is 9.59 Å². The van der Waals surface area contributed by atoms with Crippen LogP contribution in [0.15, 0.2) is 36.5 Å². The molecule has 1 saturated carbocycles. The molecule has 1 aromatic heterocycles. The number of carbonyl (C=O) groups excluding carboxylic acids is 2. The minimum atomic E-state index is -0.308. The predicted molar refractivity (Wildman–Crippen MR) is 98.1 cm³/mol. The fourth-order valence-electron chi connectivity index (χ4n) is 2.90. The molecule has 6 heteroatoms. The molecule has 0 radical (unpaired) electrons. The van der Waals surface area contributed by atoms with Crippen LogP contribution in [0.5, 0.6) is 0 Å². The second-order valence-corrected chi connectivity index (χ2v) is 6.71. The Morgan fingerprint density at radius 2 is 1.88 bits per heavy atom. The molecule has 1 aliphatic carbocycles. The summed E-state index contributed by atoms with van der Waals surface area (Å²) in [6, 6.07) is 8.62. The second-order valence-electron chi connectivity index (χ2n) is 6.30. The molecule has 0 unspecified atom stereocenters. The lowest BCUT2D eigenvalue weighted by molar-refractivity contribution is 0.0933. The molecule has 1 aliphatic rings. The first kappa shape index (κ1) is 17.4. The van der Waals surface area contributed by atoms with Crippen molar-refractivity contribution in [1.82, 2.24) is 10.3 Å². The zero-order chi connectivity index (χ0) is 17.8. The number of amides is 2. The number of benzene rings is 1. The number of hydrogen-bond acceptors (Lipinski definition) is 3. The Morgan fingerprint density at radius 3 is 2.60 bits per heavy atom. The van der Waals surface area contributed by atoms with Crippen LogP contribution in [0.25, 0.3) is 0 Å². The summed E-state index contributed by atoms with van der Waals surface area (Å²) in [5.41, 5.74) is 2.17. The van der Waals surface area contributed by atoms with Gasteiger partial charge in [-0.25, -0.2) is 0 Å². The van der Waals surface area contributed by atoms with Gasteiger partial charge in [-0.2, -0.15) is 0 Å². The first-order valence-electron chi connectivity index (χ1n) is 8.37. The SMILES string of the molecule is Cc1ccc(NC(=O)c2ccnc(C(=O)NC3CCCC3)c2)cc1Cl. The van der Waals surface area contributed by atoms with Gasteiger partial charge in [0.1, 0.15) is 5.69 Å². The minimum Gasteiger partial charge on any atom is -0.348 e. The van der Waals surface area contributed by atoms with Crippen molar-refractivity contribution >= 4 is 29.1 Å². The van der Waals surface area contributed by atoms with E-state index in [2.05, 4.69) is 15.6 Å². The average molecular weight is 358 g/mol. The van der Waals surface area contributed by atoms with Crippen molar-refractivity contribution in [2.45, 2.75) is 38.6 Å². The maximum Gasteiger partial charge on any atom is 0.270 e. The van der Waals surface area contributed by atoms with Gasteiger partial charge in [0.2, 0.25) is 0 Å². The molecular weight excluding hydrogens is 338 g/mol. The molecule has 130 valence electrons. The number of hydrogen-bond donors (Lipinski definition) is 2. The topological polar surface area (TPSA) is 71.1 Å². The quantitative estimate of drug-likeness (QED) is 0.869. The molecule has 3 rings (SSSR count). The number of nitrogens with zero attached hydrogens (tertiary/aromatic N) is 1. The Hall–Kier alpha value is -2.40. The average Bonchev–Trinajstić information content (AvgIpc) is 3.11. The fourth-order valence-corrected chi connectivity index (χ4v) is 3.08. The minimum absolute atomic E-state index is 0.210. The van der Waals surface area contributed by atoms with Gasteiger partial charge >= 0.3 is 0 Å². The maximum absolute atomic E-state index is 12.4. The van der Waals surface area contributed by atoms with Gasteiger partial charge in [0.15, 0.2) is 0 Å². The molecule has 2 amide bonds. The zero-order valence-corrected chi connectivity index (χ0v) is 14.8. The highest BCUT2D eigenvalue weighted by molar-refractivity contribution is 6.31. The second kappa shape index (κ2) is 7.66. The molecule has 25 heavy (non-hydrogen) atoms. The number of rotatable bonds is 4. The molecule has 1 aromatic carbocycles. The summed E-state index contributed by atoms with van der Waals surface area (Å²) in [7, 11) is 0. The molecule has 0 bridgehead atoms. The van der Waals surface area contributed by atoms with Crippen LogP contribution in [-0.4, -0.2) is 22.8 Å². The summed E-state index contributed by atoms with van der Waals surface area (Å²) in [5, 5.41) is 6.34. The van der Waals surface area contributed by atoms with Gasteiger partial charge in [0.25, 0.3) is 11.8 Å². The lowest BCUT2D eigenvalue weighted by atomic mass is 10.1. The van der Waals surface area contributed by atoms with E-state index < -0.39 is 0 Å². The molecule has 5 nitrogen and oxygen atoms in total. The highest BCUT2D eigenvalue weighted by Crippen LogP contribution is 2.21. The van der Waals surface area contributed by atoms with Crippen LogP contribution < -0.4 is 10.6 Å². The molecule has 0 atom stereocenters. The van der Waals surface area contributed by atoms with Gasteiger partial charge in [-0.3, -0.25) is 14.6 Å². The predicted octanol–water partition coefficient (Wildman–Crippen LogP) is 3.97. The summed E-state index contributed by atoms with van der Waals surface area (Å²) in [6.07, 6.45) is 5.75. The maximum atomic E-state index is 12.4. The molecule has 0 saturated heterocycles. The summed E-state index contributed by atoms with van der Waals surface area (Å²) in [4.78, 5) is 28.8. The molecular formula is C19H20ClN3O2. The van der Waals surface area contributed by atoms with Crippen LogP contribution in [0.4, 0.5) is 5.69 Å². The molecule has 0 spiro atoms. The Morgan fingerprint density at radius 1 is 1.12 bits per heavy atom. The van der Waals surface area contributed by atoms with E-state index in [0.29, 0.717) is 16.3 Å². The molecule has 1 fully saturated rings. The number of anilines is 1. The Balaban J connectivity index is 1.70. The Kier molecular flexibility index (Phi) is 5.34. The van der Waals surface area contributed by atoms with Crippen molar-refractivity contribution in [2.24, 2.45) is 0 Å². The van der Waals surface area contributed by atoms with Gasteiger partial charge in [-0.05, 0) is 49.6 Å². The molecule has 2 N–H and O–H groups in total. The Labute approximate surface area is 151 Å². The van der Waals surface area contributed by atoms with E-state index in [4.69, 9.17) is 11.6 Å². The summed E-state index contributed by atoms with van der Waals surface area (Å²) in [6.45, 7) is 1.89. The smallest absolute Gasteiger partial charge is 0.270 e. The van der Waals surface area contributed by atoms with Gasteiger partial charge in [-0.1, -0.05) is 30.5 Å². The van der Waals surface area contributed by atoms with Crippen molar-refractivity contribution < 1.29 is 9.59 Å². The third-order valence-electron chi connectivity index (χ3n) is 4.37. The monoisotopic (exact) mass is 357 g/mol. The van der Waals surface area contributed by atoms with Gasteiger partial charge in [-0.15, -0.1) is 0 Å². The van der Waals surface area contributed by atoms with Crippen LogP contribution in [0, 0.1) is 6.92 Å². The first-order valence-corrected chi connectivity index (χ1v) is 8.75. The first-order chi connectivity index (χ1) is 12.0. The number of aromatic nitrogens is 1.